The van der Waals surface area contributed by atoms with Gasteiger partial charge in [-0.25, -0.2) is 0 Å². The van der Waals surface area contributed by atoms with Crippen LogP contribution in [0, 0.1) is 6.92 Å². The zero-order valence-corrected chi connectivity index (χ0v) is 12.8. The molecular formula is C21H20N+. The minimum atomic E-state index is 0.411. The normalized spacial score (nSPS) is 13.0. The molecule has 3 aromatic rings. The molecule has 0 heterocycles. The van der Waals surface area contributed by atoms with Crippen molar-refractivity contribution in [3.63, 3.8) is 0 Å². The first-order valence-electron chi connectivity index (χ1n) is 7.90. The lowest BCUT2D eigenvalue weighted by Crippen LogP contribution is -2.83. The predicted octanol–water partition coefficient (Wildman–Crippen LogP) is 3.83. The molecule has 0 saturated carbocycles. The highest BCUT2D eigenvalue weighted by Gasteiger charge is 2.30. The Morgan fingerprint density at radius 1 is 0.727 bits per heavy atom. The summed E-state index contributed by atoms with van der Waals surface area (Å²) in [4.78, 5) is 0. The molecule has 4 rings (SSSR count). The Bertz CT molecular complexity index is 757. The van der Waals surface area contributed by atoms with Gasteiger partial charge in [-0.2, -0.15) is 0 Å². The summed E-state index contributed by atoms with van der Waals surface area (Å²) in [6, 6.07) is 26.9. The number of aryl methyl sites for hydroxylation is 1. The van der Waals surface area contributed by atoms with Crippen molar-refractivity contribution in [2.75, 3.05) is 0 Å². The van der Waals surface area contributed by atoms with Gasteiger partial charge in [0.15, 0.2) is 0 Å². The number of hydrogen-bond acceptors (Lipinski definition) is 0. The molecule has 0 unspecified atom stereocenters. The third kappa shape index (κ3) is 2.24. The summed E-state index contributed by atoms with van der Waals surface area (Å²) >= 11 is 0. The van der Waals surface area contributed by atoms with Gasteiger partial charge in [0.1, 0.15) is 12.6 Å². The first kappa shape index (κ1) is 13.3. The molecule has 0 aliphatic heterocycles. The fourth-order valence-corrected chi connectivity index (χ4v) is 3.43. The summed E-state index contributed by atoms with van der Waals surface area (Å²) in [5, 5.41) is 2.45. The molecular weight excluding hydrogens is 266 g/mol. The molecule has 0 atom stereocenters. The van der Waals surface area contributed by atoms with Crippen LogP contribution >= 0.6 is 0 Å². The van der Waals surface area contributed by atoms with Crippen molar-refractivity contribution in [3.05, 3.63) is 95.1 Å². The summed E-state index contributed by atoms with van der Waals surface area (Å²) < 4.78 is 0. The molecule has 1 nitrogen and oxygen atoms in total. The van der Waals surface area contributed by atoms with Gasteiger partial charge in [0.05, 0.1) is 0 Å². The van der Waals surface area contributed by atoms with E-state index in [2.05, 4.69) is 85.0 Å². The Balaban J connectivity index is 1.65. The van der Waals surface area contributed by atoms with Gasteiger partial charge in [-0.3, -0.25) is 0 Å². The van der Waals surface area contributed by atoms with E-state index in [0.29, 0.717) is 6.04 Å². The van der Waals surface area contributed by atoms with Crippen molar-refractivity contribution < 1.29 is 5.32 Å². The van der Waals surface area contributed by atoms with Crippen molar-refractivity contribution in [1.82, 2.24) is 0 Å². The first-order chi connectivity index (χ1) is 10.8. The Morgan fingerprint density at radius 3 is 1.86 bits per heavy atom. The van der Waals surface area contributed by atoms with Gasteiger partial charge in [-0.15, -0.1) is 0 Å². The number of benzene rings is 3. The van der Waals surface area contributed by atoms with E-state index in [4.69, 9.17) is 0 Å². The average Bonchev–Trinajstić information content (AvgIpc) is 2.89. The van der Waals surface area contributed by atoms with Crippen LogP contribution in [0.3, 0.4) is 0 Å². The summed E-state index contributed by atoms with van der Waals surface area (Å²) in [7, 11) is 0. The Labute approximate surface area is 131 Å². The fourth-order valence-electron chi connectivity index (χ4n) is 3.43. The van der Waals surface area contributed by atoms with Crippen LogP contribution in [0.4, 0.5) is 0 Å². The van der Waals surface area contributed by atoms with Gasteiger partial charge in [-0.05, 0) is 18.1 Å². The molecule has 0 saturated heterocycles. The zero-order valence-electron chi connectivity index (χ0n) is 12.8. The second kappa shape index (κ2) is 5.43. The molecule has 0 aromatic heterocycles. The lowest BCUT2D eigenvalue weighted by Gasteiger charge is -2.12. The van der Waals surface area contributed by atoms with Crippen LogP contribution < -0.4 is 5.32 Å². The number of nitrogens with two attached hydrogens (primary N) is 1. The molecule has 1 heteroatoms. The molecule has 1 aliphatic rings. The van der Waals surface area contributed by atoms with E-state index >= 15 is 0 Å². The standard InChI is InChI=1S/C21H19N/c1-15-10-12-16(13-11-15)14-22-21-19-8-4-2-6-17(19)18-7-3-5-9-20(18)21/h2-13,21-22H,14H2,1H3/p+1. The molecule has 0 amide bonds. The maximum Gasteiger partial charge on any atom is 0.139 e. The Hall–Kier alpha value is -2.38. The molecule has 2 N–H and O–H groups in total. The van der Waals surface area contributed by atoms with Crippen LogP contribution in [0.5, 0.6) is 0 Å². The van der Waals surface area contributed by atoms with Crippen molar-refractivity contribution in [1.29, 1.82) is 0 Å². The number of rotatable bonds is 3. The highest BCUT2D eigenvalue weighted by molar-refractivity contribution is 5.77. The average molecular weight is 286 g/mol. The van der Waals surface area contributed by atoms with Crippen LogP contribution in [-0.4, -0.2) is 0 Å². The van der Waals surface area contributed by atoms with Crippen molar-refractivity contribution in [2.24, 2.45) is 0 Å². The SMILES string of the molecule is Cc1ccc(C[NH2+]C2c3ccccc3-c3ccccc32)cc1. The predicted molar refractivity (Wildman–Crippen MR) is 90.5 cm³/mol. The zero-order chi connectivity index (χ0) is 14.9. The minimum absolute atomic E-state index is 0.411. The van der Waals surface area contributed by atoms with Crippen LogP contribution in [0.15, 0.2) is 72.8 Å². The minimum Gasteiger partial charge on any atom is -0.332 e. The number of fused-ring (bicyclic) bond motifs is 3. The Morgan fingerprint density at radius 2 is 1.27 bits per heavy atom. The maximum absolute atomic E-state index is 2.45. The van der Waals surface area contributed by atoms with E-state index in [-0.39, 0.29) is 0 Å². The topological polar surface area (TPSA) is 16.6 Å². The van der Waals surface area contributed by atoms with Gasteiger partial charge in [0.2, 0.25) is 0 Å². The second-order valence-electron chi connectivity index (χ2n) is 6.08. The maximum atomic E-state index is 2.45. The number of quaternary nitrogens is 1. The number of hydrogen-bond donors (Lipinski definition) is 1. The van der Waals surface area contributed by atoms with Gasteiger partial charge < -0.3 is 5.32 Å². The summed E-state index contributed by atoms with van der Waals surface area (Å²) in [6.07, 6.45) is 0. The van der Waals surface area contributed by atoms with Crippen molar-refractivity contribution in [3.8, 4) is 11.1 Å². The van der Waals surface area contributed by atoms with Gasteiger partial charge in [-0.1, -0.05) is 78.4 Å². The van der Waals surface area contributed by atoms with E-state index in [1.807, 2.05) is 0 Å². The van der Waals surface area contributed by atoms with Gasteiger partial charge in [0, 0.05) is 16.7 Å². The Kier molecular flexibility index (Phi) is 3.28. The molecule has 3 aromatic carbocycles. The third-order valence-corrected chi connectivity index (χ3v) is 4.59. The second-order valence-corrected chi connectivity index (χ2v) is 6.08. The molecule has 0 fully saturated rings. The molecule has 0 spiro atoms. The molecule has 1 aliphatic carbocycles. The molecule has 0 radical (unpaired) electrons. The third-order valence-electron chi connectivity index (χ3n) is 4.59. The van der Waals surface area contributed by atoms with Gasteiger partial charge in [0.25, 0.3) is 0 Å². The first-order valence-corrected chi connectivity index (χ1v) is 7.90. The van der Waals surface area contributed by atoms with Crippen molar-refractivity contribution in [2.45, 2.75) is 19.5 Å². The smallest absolute Gasteiger partial charge is 0.139 e. The van der Waals surface area contributed by atoms with Crippen molar-refractivity contribution >= 4 is 0 Å². The lowest BCUT2D eigenvalue weighted by molar-refractivity contribution is -0.701. The largest absolute Gasteiger partial charge is 0.332 e. The van der Waals surface area contributed by atoms with E-state index in [1.165, 1.54) is 33.4 Å². The van der Waals surface area contributed by atoms with E-state index < -0.39 is 0 Å². The fraction of sp³-hybridized carbons (Fsp3) is 0.143. The quantitative estimate of drug-likeness (QED) is 0.753. The van der Waals surface area contributed by atoms with Gasteiger partial charge >= 0.3 is 0 Å². The van der Waals surface area contributed by atoms with E-state index in [9.17, 15) is 0 Å². The van der Waals surface area contributed by atoms with Crippen LogP contribution in [-0.2, 0) is 6.54 Å². The molecule has 22 heavy (non-hydrogen) atoms. The van der Waals surface area contributed by atoms with Crippen LogP contribution in [0.1, 0.15) is 28.3 Å². The molecule has 0 bridgehead atoms. The summed E-state index contributed by atoms with van der Waals surface area (Å²) in [6.45, 7) is 3.14. The monoisotopic (exact) mass is 286 g/mol. The van der Waals surface area contributed by atoms with Crippen LogP contribution in [0.2, 0.25) is 0 Å². The highest BCUT2D eigenvalue weighted by atomic mass is 14.9. The van der Waals surface area contributed by atoms with E-state index in [1.54, 1.807) is 0 Å². The van der Waals surface area contributed by atoms with Crippen LogP contribution in [0.25, 0.3) is 11.1 Å². The summed E-state index contributed by atoms with van der Waals surface area (Å²) in [5.74, 6) is 0. The lowest BCUT2D eigenvalue weighted by atomic mass is 10.0. The molecule has 108 valence electrons. The van der Waals surface area contributed by atoms with E-state index in [0.717, 1.165) is 6.54 Å². The summed E-state index contributed by atoms with van der Waals surface area (Å²) in [5.41, 5.74) is 8.37. The highest BCUT2D eigenvalue weighted by Crippen LogP contribution is 2.41.